The molecular formula is C9H15NO4. The van der Waals surface area contributed by atoms with Gasteiger partial charge in [-0.25, -0.2) is 0 Å². The summed E-state index contributed by atoms with van der Waals surface area (Å²) in [5.74, 6) is -0.650. The van der Waals surface area contributed by atoms with Gasteiger partial charge in [-0.3, -0.25) is 9.59 Å². The van der Waals surface area contributed by atoms with E-state index in [-0.39, 0.29) is 18.1 Å². The van der Waals surface area contributed by atoms with Crippen molar-refractivity contribution in [3.63, 3.8) is 0 Å². The van der Waals surface area contributed by atoms with Crippen molar-refractivity contribution in [1.29, 1.82) is 0 Å². The molecule has 5 heteroatoms. The van der Waals surface area contributed by atoms with Gasteiger partial charge in [0.05, 0.1) is 13.7 Å². The molecule has 0 aliphatic carbocycles. The van der Waals surface area contributed by atoms with Gasteiger partial charge >= 0.3 is 5.97 Å². The Morgan fingerprint density at radius 2 is 2.36 bits per heavy atom. The normalized spacial score (nSPS) is 23.1. The van der Waals surface area contributed by atoms with Crippen molar-refractivity contribution in [3.8, 4) is 0 Å². The van der Waals surface area contributed by atoms with Crippen LogP contribution >= 0.6 is 0 Å². The van der Waals surface area contributed by atoms with Gasteiger partial charge in [0, 0.05) is 18.9 Å². The van der Waals surface area contributed by atoms with Gasteiger partial charge in [-0.2, -0.15) is 0 Å². The second kappa shape index (κ2) is 5.07. The van der Waals surface area contributed by atoms with Gasteiger partial charge in [0.2, 0.25) is 0 Å². The molecule has 1 rings (SSSR count). The Morgan fingerprint density at radius 3 is 2.86 bits per heavy atom. The number of esters is 1. The maximum Gasteiger partial charge on any atom is 0.323 e. The topological polar surface area (TPSA) is 78.6 Å². The third kappa shape index (κ3) is 2.78. The van der Waals surface area contributed by atoms with Gasteiger partial charge in [0.15, 0.2) is 0 Å². The van der Waals surface area contributed by atoms with Gasteiger partial charge in [0.25, 0.3) is 0 Å². The zero-order valence-corrected chi connectivity index (χ0v) is 8.19. The summed E-state index contributed by atoms with van der Waals surface area (Å²) in [5, 5.41) is 0. The van der Waals surface area contributed by atoms with Gasteiger partial charge in [-0.15, -0.1) is 0 Å². The van der Waals surface area contributed by atoms with E-state index in [0.29, 0.717) is 13.2 Å². The Labute approximate surface area is 82.5 Å². The van der Waals surface area contributed by atoms with E-state index in [2.05, 4.69) is 4.74 Å². The average molecular weight is 201 g/mol. The number of carbonyl (C=O) groups is 2. The van der Waals surface area contributed by atoms with Gasteiger partial charge < -0.3 is 15.2 Å². The summed E-state index contributed by atoms with van der Waals surface area (Å²) in [6.45, 7) is 1.07. The molecule has 2 unspecified atom stereocenters. The van der Waals surface area contributed by atoms with E-state index in [1.54, 1.807) is 0 Å². The van der Waals surface area contributed by atoms with Crippen LogP contribution in [-0.4, -0.2) is 38.1 Å². The number of methoxy groups -OCH3 is 1. The van der Waals surface area contributed by atoms with Crippen LogP contribution in [0, 0.1) is 5.92 Å². The lowest BCUT2D eigenvalue weighted by molar-refractivity contribution is -0.144. The zero-order chi connectivity index (χ0) is 10.6. The molecule has 2 N–H and O–H groups in total. The standard InChI is InChI=1S/C9H15NO4/c1-13-9(12)7(10)4-8(11)6-2-3-14-5-6/h6-7H,2-5,10H2,1H3. The van der Waals surface area contributed by atoms with Crippen molar-refractivity contribution < 1.29 is 19.1 Å². The third-order valence-electron chi connectivity index (χ3n) is 2.31. The molecule has 0 spiro atoms. The van der Waals surface area contributed by atoms with Crippen LogP contribution in [0.25, 0.3) is 0 Å². The smallest absolute Gasteiger partial charge is 0.323 e. The summed E-state index contributed by atoms with van der Waals surface area (Å²) < 4.78 is 9.50. The molecule has 0 aromatic rings. The number of carbonyl (C=O) groups excluding carboxylic acids is 2. The first kappa shape index (κ1) is 11.1. The van der Waals surface area contributed by atoms with Crippen LogP contribution in [0.2, 0.25) is 0 Å². The molecule has 80 valence electrons. The number of rotatable bonds is 4. The largest absolute Gasteiger partial charge is 0.468 e. The van der Waals surface area contributed by atoms with Crippen LogP contribution in [0.15, 0.2) is 0 Å². The Balaban J connectivity index is 2.35. The Bertz CT molecular complexity index is 223. The number of hydrogen-bond donors (Lipinski definition) is 1. The van der Waals surface area contributed by atoms with Crippen molar-refractivity contribution in [2.75, 3.05) is 20.3 Å². The Morgan fingerprint density at radius 1 is 1.64 bits per heavy atom. The van der Waals surface area contributed by atoms with Crippen molar-refractivity contribution in [1.82, 2.24) is 0 Å². The van der Waals surface area contributed by atoms with Crippen molar-refractivity contribution in [2.24, 2.45) is 11.7 Å². The summed E-state index contributed by atoms with van der Waals surface area (Å²) in [5.41, 5.74) is 5.46. The molecule has 0 aromatic heterocycles. The fourth-order valence-electron chi connectivity index (χ4n) is 1.41. The predicted molar refractivity (Wildman–Crippen MR) is 48.5 cm³/mol. The number of Topliss-reactive ketones (excluding diaryl/α,β-unsaturated/α-hetero) is 1. The molecule has 1 fully saturated rings. The lowest BCUT2D eigenvalue weighted by atomic mass is 9.98. The lowest BCUT2D eigenvalue weighted by Gasteiger charge is -2.10. The van der Waals surface area contributed by atoms with E-state index >= 15 is 0 Å². The van der Waals surface area contributed by atoms with Gasteiger partial charge in [0.1, 0.15) is 11.8 Å². The van der Waals surface area contributed by atoms with Crippen LogP contribution in [0.5, 0.6) is 0 Å². The molecule has 0 aromatic carbocycles. The Kier molecular flexibility index (Phi) is 4.03. The lowest BCUT2D eigenvalue weighted by Crippen LogP contribution is -2.35. The maximum atomic E-state index is 11.5. The van der Waals surface area contributed by atoms with Crippen molar-refractivity contribution >= 4 is 11.8 Å². The summed E-state index contributed by atoms with van der Waals surface area (Å²) >= 11 is 0. The minimum absolute atomic E-state index is 0.0135. The van der Waals surface area contributed by atoms with Crippen LogP contribution in [0.3, 0.4) is 0 Å². The SMILES string of the molecule is COC(=O)C(N)CC(=O)C1CCOC1. The molecule has 1 aliphatic rings. The number of hydrogen-bond acceptors (Lipinski definition) is 5. The monoisotopic (exact) mass is 201 g/mol. The van der Waals surface area contributed by atoms with E-state index in [1.807, 2.05) is 0 Å². The highest BCUT2D eigenvalue weighted by Gasteiger charge is 2.27. The third-order valence-corrected chi connectivity index (χ3v) is 2.31. The molecule has 1 aliphatic heterocycles. The molecule has 1 heterocycles. The van der Waals surface area contributed by atoms with Crippen molar-refractivity contribution in [3.05, 3.63) is 0 Å². The number of ether oxygens (including phenoxy) is 2. The first-order chi connectivity index (χ1) is 6.65. The van der Waals surface area contributed by atoms with Crippen LogP contribution < -0.4 is 5.73 Å². The molecule has 2 atom stereocenters. The minimum Gasteiger partial charge on any atom is -0.468 e. The Hall–Kier alpha value is -0.940. The van der Waals surface area contributed by atoms with Crippen LogP contribution in [0.4, 0.5) is 0 Å². The summed E-state index contributed by atoms with van der Waals surface area (Å²) in [4.78, 5) is 22.4. The maximum absolute atomic E-state index is 11.5. The fourth-order valence-corrected chi connectivity index (χ4v) is 1.41. The number of ketones is 1. The molecule has 14 heavy (non-hydrogen) atoms. The first-order valence-corrected chi connectivity index (χ1v) is 4.59. The quantitative estimate of drug-likeness (QED) is 0.619. The molecule has 0 radical (unpaired) electrons. The minimum atomic E-state index is -0.840. The second-order valence-corrected chi connectivity index (χ2v) is 3.36. The van der Waals surface area contributed by atoms with Gasteiger partial charge in [-0.1, -0.05) is 0 Å². The van der Waals surface area contributed by atoms with Gasteiger partial charge in [-0.05, 0) is 6.42 Å². The highest BCUT2D eigenvalue weighted by atomic mass is 16.5. The summed E-state index contributed by atoms with van der Waals surface area (Å²) in [6, 6.07) is -0.840. The number of nitrogens with two attached hydrogens (primary N) is 1. The second-order valence-electron chi connectivity index (χ2n) is 3.36. The average Bonchev–Trinajstić information content (AvgIpc) is 2.69. The van der Waals surface area contributed by atoms with E-state index in [1.165, 1.54) is 7.11 Å². The molecular weight excluding hydrogens is 186 g/mol. The summed E-state index contributed by atoms with van der Waals surface area (Å²) in [6.07, 6.45) is 0.771. The first-order valence-electron chi connectivity index (χ1n) is 4.59. The van der Waals surface area contributed by atoms with Crippen LogP contribution in [-0.2, 0) is 19.1 Å². The van der Waals surface area contributed by atoms with E-state index in [0.717, 1.165) is 6.42 Å². The molecule has 0 saturated carbocycles. The van der Waals surface area contributed by atoms with E-state index in [4.69, 9.17) is 10.5 Å². The fraction of sp³-hybridized carbons (Fsp3) is 0.778. The van der Waals surface area contributed by atoms with Crippen molar-refractivity contribution in [2.45, 2.75) is 18.9 Å². The highest BCUT2D eigenvalue weighted by Crippen LogP contribution is 2.15. The van der Waals surface area contributed by atoms with E-state index in [9.17, 15) is 9.59 Å². The van der Waals surface area contributed by atoms with E-state index < -0.39 is 12.0 Å². The molecule has 5 nitrogen and oxygen atoms in total. The zero-order valence-electron chi connectivity index (χ0n) is 8.19. The molecule has 1 saturated heterocycles. The molecule has 0 amide bonds. The predicted octanol–water partition coefficient (Wildman–Crippen LogP) is -0.518. The highest BCUT2D eigenvalue weighted by molar-refractivity contribution is 5.87. The summed E-state index contributed by atoms with van der Waals surface area (Å²) in [7, 11) is 1.26. The molecule has 0 bridgehead atoms. The van der Waals surface area contributed by atoms with Crippen LogP contribution in [0.1, 0.15) is 12.8 Å².